The smallest absolute Gasteiger partial charge is 0.333 e. The Morgan fingerprint density at radius 3 is 2.89 bits per heavy atom. The maximum atomic E-state index is 12.1. The van der Waals surface area contributed by atoms with Crippen molar-refractivity contribution in [3.63, 3.8) is 0 Å². The SMILES string of the molecule is C=C[C@H]1CN2CC[C@@]3(O)C(=Nc4cccc(OC)c43)[C@@H]2C[C@@H]1C(=C)C(=O)OC. The van der Waals surface area contributed by atoms with Crippen molar-refractivity contribution in [1.29, 1.82) is 0 Å². The van der Waals surface area contributed by atoms with Gasteiger partial charge in [-0.05, 0) is 36.8 Å². The van der Waals surface area contributed by atoms with E-state index in [1.165, 1.54) is 7.11 Å². The summed E-state index contributed by atoms with van der Waals surface area (Å²) in [5.41, 5.74) is 1.56. The number of benzene rings is 1. The molecule has 0 bridgehead atoms. The molecule has 2 fully saturated rings. The van der Waals surface area contributed by atoms with E-state index in [2.05, 4.69) is 18.1 Å². The van der Waals surface area contributed by atoms with Crippen LogP contribution >= 0.6 is 0 Å². The molecule has 3 aliphatic heterocycles. The summed E-state index contributed by atoms with van der Waals surface area (Å²) in [6.45, 7) is 9.43. The highest BCUT2D eigenvalue weighted by molar-refractivity contribution is 6.05. The minimum absolute atomic E-state index is 0.0709. The molecule has 0 aliphatic carbocycles. The zero-order chi connectivity index (χ0) is 20.1. The standard InChI is InChI=1S/C22H26N2O4/c1-5-14-12-24-10-9-22(26)19-16(7-6-8-18(19)27-3)23-20(22)17(24)11-15(14)13(2)21(25)28-4/h5-8,14-15,17,26H,1-2,9-12H2,3-4H3/t14-,15+,17-,22-/m0/s1. The van der Waals surface area contributed by atoms with Crippen molar-refractivity contribution in [3.8, 4) is 5.75 Å². The van der Waals surface area contributed by atoms with E-state index in [0.717, 1.165) is 30.1 Å². The number of carbonyl (C=O) groups excluding carboxylic acids is 1. The predicted molar refractivity (Wildman–Crippen MR) is 107 cm³/mol. The van der Waals surface area contributed by atoms with Crippen LogP contribution in [0.1, 0.15) is 18.4 Å². The van der Waals surface area contributed by atoms with Gasteiger partial charge in [-0.15, -0.1) is 6.58 Å². The number of aliphatic hydroxyl groups is 1. The van der Waals surface area contributed by atoms with Crippen molar-refractivity contribution in [1.82, 2.24) is 4.90 Å². The molecule has 28 heavy (non-hydrogen) atoms. The molecule has 4 rings (SSSR count). The lowest BCUT2D eigenvalue weighted by atomic mass is 9.71. The van der Waals surface area contributed by atoms with Crippen LogP contribution in [0.5, 0.6) is 5.75 Å². The number of rotatable bonds is 4. The van der Waals surface area contributed by atoms with Crippen LogP contribution in [0.4, 0.5) is 5.69 Å². The van der Waals surface area contributed by atoms with Gasteiger partial charge in [-0.3, -0.25) is 9.89 Å². The molecular weight excluding hydrogens is 356 g/mol. The van der Waals surface area contributed by atoms with Crippen LogP contribution in [0.15, 0.2) is 48.0 Å². The van der Waals surface area contributed by atoms with Gasteiger partial charge in [0.15, 0.2) is 0 Å². The molecule has 0 saturated carbocycles. The zero-order valence-corrected chi connectivity index (χ0v) is 16.4. The quantitative estimate of drug-likeness (QED) is 0.492. The average molecular weight is 382 g/mol. The number of aliphatic imine (C=N–C) groups is 1. The average Bonchev–Trinajstić information content (AvgIpc) is 3.04. The highest BCUT2D eigenvalue weighted by atomic mass is 16.5. The second-order valence-electron chi connectivity index (χ2n) is 7.73. The number of hydrogen-bond acceptors (Lipinski definition) is 6. The minimum atomic E-state index is -1.14. The Balaban J connectivity index is 1.71. The Morgan fingerprint density at radius 1 is 1.43 bits per heavy atom. The Kier molecular flexibility index (Phi) is 4.63. The Bertz CT molecular complexity index is 877. The molecule has 1 aromatic rings. The molecule has 6 nitrogen and oxygen atoms in total. The number of hydrogen-bond donors (Lipinski definition) is 1. The van der Waals surface area contributed by atoms with Gasteiger partial charge in [0, 0.05) is 18.7 Å². The van der Waals surface area contributed by atoms with Gasteiger partial charge in [0.05, 0.1) is 37.2 Å². The molecule has 0 spiro atoms. The van der Waals surface area contributed by atoms with Crippen LogP contribution in [-0.4, -0.2) is 55.0 Å². The van der Waals surface area contributed by atoms with Crippen molar-refractivity contribution in [2.75, 3.05) is 27.3 Å². The summed E-state index contributed by atoms with van der Waals surface area (Å²) in [7, 11) is 2.98. The molecule has 3 heterocycles. The van der Waals surface area contributed by atoms with Crippen LogP contribution in [0.2, 0.25) is 0 Å². The summed E-state index contributed by atoms with van der Waals surface area (Å²) in [6, 6.07) is 5.58. The third-order valence-electron chi connectivity index (χ3n) is 6.46. The van der Waals surface area contributed by atoms with Crippen molar-refractivity contribution in [2.24, 2.45) is 16.8 Å². The topological polar surface area (TPSA) is 71.4 Å². The summed E-state index contributed by atoms with van der Waals surface area (Å²) < 4.78 is 10.4. The lowest BCUT2D eigenvalue weighted by molar-refractivity contribution is -0.137. The molecule has 0 unspecified atom stereocenters. The summed E-state index contributed by atoms with van der Waals surface area (Å²) in [4.78, 5) is 19.3. The molecule has 0 amide bonds. The van der Waals surface area contributed by atoms with Crippen molar-refractivity contribution >= 4 is 17.4 Å². The zero-order valence-electron chi connectivity index (χ0n) is 16.4. The van der Waals surface area contributed by atoms with Gasteiger partial charge in [0.25, 0.3) is 0 Å². The fourth-order valence-electron chi connectivity index (χ4n) is 5.00. The fraction of sp³-hybridized carbons (Fsp3) is 0.455. The Hall–Kier alpha value is -2.44. The van der Waals surface area contributed by atoms with Crippen LogP contribution in [0.25, 0.3) is 0 Å². The van der Waals surface area contributed by atoms with Crippen LogP contribution in [0.3, 0.4) is 0 Å². The molecule has 6 heteroatoms. The highest BCUT2D eigenvalue weighted by Crippen LogP contribution is 2.51. The molecule has 1 aromatic carbocycles. The van der Waals surface area contributed by atoms with Gasteiger partial charge in [-0.2, -0.15) is 0 Å². The van der Waals surface area contributed by atoms with E-state index < -0.39 is 11.6 Å². The van der Waals surface area contributed by atoms with E-state index in [9.17, 15) is 9.90 Å². The first kappa shape index (κ1) is 18.9. The number of esters is 1. The molecule has 0 radical (unpaired) electrons. The second-order valence-corrected chi connectivity index (χ2v) is 7.73. The van der Waals surface area contributed by atoms with Crippen molar-refractivity contribution in [2.45, 2.75) is 24.5 Å². The summed E-state index contributed by atoms with van der Waals surface area (Å²) in [5.74, 6) is 0.270. The number of nitrogens with zero attached hydrogens (tertiary/aromatic N) is 2. The second kappa shape index (κ2) is 6.87. The normalized spacial score (nSPS) is 31.1. The summed E-state index contributed by atoms with van der Waals surface area (Å²) in [6.07, 6.45) is 3.09. The number of piperidine rings is 2. The van der Waals surface area contributed by atoms with Gasteiger partial charge >= 0.3 is 5.97 Å². The number of carbonyl (C=O) groups is 1. The predicted octanol–water partition coefficient (Wildman–Crippen LogP) is 2.59. The largest absolute Gasteiger partial charge is 0.496 e. The van der Waals surface area contributed by atoms with Gasteiger partial charge in [-0.25, -0.2) is 4.79 Å². The molecule has 3 aliphatic rings. The van der Waals surface area contributed by atoms with Gasteiger partial charge in [-0.1, -0.05) is 18.7 Å². The van der Waals surface area contributed by atoms with E-state index in [4.69, 9.17) is 14.5 Å². The molecule has 0 aromatic heterocycles. The molecular formula is C22H26N2O4. The number of fused-ring (bicyclic) bond motifs is 5. The Labute approximate surface area is 165 Å². The van der Waals surface area contributed by atoms with E-state index in [1.54, 1.807) is 7.11 Å². The van der Waals surface area contributed by atoms with Crippen LogP contribution in [-0.2, 0) is 15.1 Å². The summed E-state index contributed by atoms with van der Waals surface area (Å²) >= 11 is 0. The lowest BCUT2D eigenvalue weighted by Crippen LogP contribution is -2.60. The van der Waals surface area contributed by atoms with E-state index in [1.807, 2.05) is 24.3 Å². The first-order valence-electron chi connectivity index (χ1n) is 9.57. The van der Waals surface area contributed by atoms with Crippen molar-refractivity contribution < 1.29 is 19.4 Å². The molecule has 1 N–H and O–H groups in total. The maximum absolute atomic E-state index is 12.1. The van der Waals surface area contributed by atoms with E-state index >= 15 is 0 Å². The number of ether oxygens (including phenoxy) is 2. The first-order valence-corrected chi connectivity index (χ1v) is 9.57. The molecule has 2 saturated heterocycles. The van der Waals surface area contributed by atoms with Gasteiger partial charge in [0.2, 0.25) is 0 Å². The Morgan fingerprint density at radius 2 is 2.21 bits per heavy atom. The van der Waals surface area contributed by atoms with E-state index in [0.29, 0.717) is 24.2 Å². The monoisotopic (exact) mass is 382 g/mol. The third kappa shape index (κ3) is 2.63. The van der Waals surface area contributed by atoms with Gasteiger partial charge in [0.1, 0.15) is 11.4 Å². The third-order valence-corrected chi connectivity index (χ3v) is 6.46. The number of methoxy groups -OCH3 is 2. The van der Waals surface area contributed by atoms with E-state index in [-0.39, 0.29) is 17.9 Å². The maximum Gasteiger partial charge on any atom is 0.333 e. The van der Waals surface area contributed by atoms with Crippen LogP contribution in [0, 0.1) is 11.8 Å². The van der Waals surface area contributed by atoms with Crippen LogP contribution < -0.4 is 4.74 Å². The van der Waals surface area contributed by atoms with Gasteiger partial charge < -0.3 is 14.6 Å². The van der Waals surface area contributed by atoms with Crippen molar-refractivity contribution in [3.05, 3.63) is 48.6 Å². The highest BCUT2D eigenvalue weighted by Gasteiger charge is 2.54. The molecule has 4 atom stereocenters. The lowest BCUT2D eigenvalue weighted by Gasteiger charge is -2.49. The fourth-order valence-corrected chi connectivity index (χ4v) is 5.00. The first-order chi connectivity index (χ1) is 13.4. The minimum Gasteiger partial charge on any atom is -0.496 e. The summed E-state index contributed by atoms with van der Waals surface area (Å²) in [5, 5.41) is 11.6. The molecule has 148 valence electrons.